The van der Waals surface area contributed by atoms with Crippen molar-refractivity contribution >= 4 is 22.6 Å². The Kier molecular flexibility index (Phi) is 3.56. The number of aromatic nitrogens is 2. The molecule has 100 valence electrons. The van der Waals surface area contributed by atoms with E-state index in [4.69, 9.17) is 0 Å². The Morgan fingerprint density at radius 3 is 2.78 bits per heavy atom. The minimum absolute atomic E-state index is 0.313. The van der Waals surface area contributed by atoms with Gasteiger partial charge in [-0.05, 0) is 12.8 Å². The van der Waals surface area contributed by atoms with Gasteiger partial charge >= 0.3 is 5.97 Å². The van der Waals surface area contributed by atoms with E-state index in [1.807, 2.05) is 6.92 Å². The molecule has 1 fully saturated rings. The summed E-state index contributed by atoms with van der Waals surface area (Å²) >= 11 is 1.37. The summed E-state index contributed by atoms with van der Waals surface area (Å²) in [4.78, 5) is 17.9. The number of rotatable bonds is 4. The van der Waals surface area contributed by atoms with Crippen LogP contribution in [-0.2, 0) is 4.79 Å². The van der Waals surface area contributed by atoms with Gasteiger partial charge in [-0.15, -0.1) is 0 Å². The van der Waals surface area contributed by atoms with Gasteiger partial charge in [-0.25, -0.2) is 4.98 Å². The van der Waals surface area contributed by atoms with Gasteiger partial charge in [0.25, 0.3) is 0 Å². The van der Waals surface area contributed by atoms with E-state index < -0.39 is 11.4 Å². The van der Waals surface area contributed by atoms with E-state index in [2.05, 4.69) is 28.1 Å². The number of hydrogen-bond acceptors (Lipinski definition) is 5. The molecule has 0 amide bonds. The van der Waals surface area contributed by atoms with Gasteiger partial charge in [0.1, 0.15) is 5.82 Å². The third-order valence-corrected chi connectivity index (χ3v) is 4.49. The predicted molar refractivity (Wildman–Crippen MR) is 71.2 cm³/mol. The van der Waals surface area contributed by atoms with Gasteiger partial charge < -0.3 is 10.0 Å². The zero-order valence-corrected chi connectivity index (χ0v) is 11.8. The summed E-state index contributed by atoms with van der Waals surface area (Å²) in [5.74, 6) is 0.466. The van der Waals surface area contributed by atoms with Gasteiger partial charge in [0.2, 0.25) is 5.13 Å². The predicted octanol–water partition coefficient (Wildman–Crippen LogP) is 2.35. The monoisotopic (exact) mass is 269 g/mol. The topological polar surface area (TPSA) is 66.3 Å². The Hall–Kier alpha value is -1.17. The summed E-state index contributed by atoms with van der Waals surface area (Å²) < 4.78 is 4.32. The van der Waals surface area contributed by atoms with Crippen LogP contribution in [0, 0.1) is 5.41 Å². The van der Waals surface area contributed by atoms with E-state index in [1.165, 1.54) is 11.5 Å². The normalized spacial score (nSPS) is 23.9. The molecule has 2 rings (SSSR count). The molecule has 1 atom stereocenters. The number of carbonyl (C=O) groups is 1. The zero-order valence-electron chi connectivity index (χ0n) is 11.0. The average Bonchev–Trinajstić information content (AvgIpc) is 2.96. The molecule has 1 N–H and O–H groups in total. The highest BCUT2D eigenvalue weighted by molar-refractivity contribution is 7.09. The quantitative estimate of drug-likeness (QED) is 0.909. The van der Waals surface area contributed by atoms with Crippen molar-refractivity contribution in [1.82, 2.24) is 9.36 Å². The number of aliphatic carboxylic acids is 1. The Morgan fingerprint density at radius 2 is 2.33 bits per heavy atom. The highest BCUT2D eigenvalue weighted by Gasteiger charge is 2.44. The fraction of sp³-hybridized carbons (Fsp3) is 0.750. The number of carboxylic acids is 1. The second kappa shape index (κ2) is 4.84. The van der Waals surface area contributed by atoms with Crippen molar-refractivity contribution in [3.63, 3.8) is 0 Å². The summed E-state index contributed by atoms with van der Waals surface area (Å²) in [7, 11) is 0. The first-order valence-electron chi connectivity index (χ1n) is 6.30. The molecule has 6 heteroatoms. The van der Waals surface area contributed by atoms with Crippen LogP contribution in [0.15, 0.2) is 0 Å². The van der Waals surface area contributed by atoms with Gasteiger partial charge in [-0.3, -0.25) is 4.79 Å². The Morgan fingerprint density at radius 1 is 1.61 bits per heavy atom. The van der Waals surface area contributed by atoms with Crippen LogP contribution in [0.5, 0.6) is 0 Å². The lowest BCUT2D eigenvalue weighted by Crippen LogP contribution is -2.34. The summed E-state index contributed by atoms with van der Waals surface area (Å²) in [6, 6.07) is 0. The fourth-order valence-electron chi connectivity index (χ4n) is 2.24. The third-order valence-electron chi connectivity index (χ3n) is 3.70. The van der Waals surface area contributed by atoms with Crippen molar-refractivity contribution in [2.24, 2.45) is 5.41 Å². The van der Waals surface area contributed by atoms with Gasteiger partial charge in [0.15, 0.2) is 0 Å². The van der Waals surface area contributed by atoms with E-state index in [9.17, 15) is 9.90 Å². The third kappa shape index (κ3) is 2.21. The zero-order chi connectivity index (χ0) is 13.3. The first-order valence-corrected chi connectivity index (χ1v) is 7.08. The van der Waals surface area contributed by atoms with Gasteiger partial charge in [0.05, 0.1) is 5.41 Å². The molecule has 1 aromatic heterocycles. The summed E-state index contributed by atoms with van der Waals surface area (Å²) in [6.07, 6.45) is 1.35. The summed E-state index contributed by atoms with van der Waals surface area (Å²) in [6.45, 7) is 7.36. The molecule has 1 aromatic rings. The molecule has 1 saturated heterocycles. The molecular formula is C12H19N3O2S. The molecule has 1 aliphatic rings. The number of anilines is 1. The van der Waals surface area contributed by atoms with Crippen LogP contribution in [0.4, 0.5) is 5.13 Å². The molecule has 0 aromatic carbocycles. The molecule has 1 aliphatic heterocycles. The van der Waals surface area contributed by atoms with Crippen molar-refractivity contribution in [2.45, 2.75) is 39.5 Å². The maximum absolute atomic E-state index is 11.4. The maximum atomic E-state index is 11.4. The van der Waals surface area contributed by atoms with Crippen LogP contribution in [0.3, 0.4) is 0 Å². The standard InChI is InChI=1S/C12H19N3O2S/c1-4-12(10(16)17)5-6-15(7-12)11-13-9(8(2)3)14-18-11/h8H,4-7H2,1-3H3,(H,16,17). The highest BCUT2D eigenvalue weighted by Crippen LogP contribution is 2.37. The lowest BCUT2D eigenvalue weighted by atomic mass is 9.84. The van der Waals surface area contributed by atoms with Crippen LogP contribution in [0.25, 0.3) is 0 Å². The second-order valence-corrected chi connectivity index (χ2v) is 5.93. The van der Waals surface area contributed by atoms with Crippen molar-refractivity contribution in [2.75, 3.05) is 18.0 Å². The number of hydrogen-bond donors (Lipinski definition) is 1. The second-order valence-electron chi connectivity index (χ2n) is 5.20. The minimum atomic E-state index is -0.693. The minimum Gasteiger partial charge on any atom is -0.481 e. The van der Waals surface area contributed by atoms with Crippen molar-refractivity contribution in [1.29, 1.82) is 0 Å². The van der Waals surface area contributed by atoms with E-state index in [1.54, 1.807) is 0 Å². The molecule has 0 bridgehead atoms. The van der Waals surface area contributed by atoms with Crippen molar-refractivity contribution in [3.05, 3.63) is 5.82 Å². The molecule has 0 radical (unpaired) electrons. The molecule has 2 heterocycles. The lowest BCUT2D eigenvalue weighted by molar-refractivity contribution is -0.147. The van der Waals surface area contributed by atoms with E-state index >= 15 is 0 Å². The van der Waals surface area contributed by atoms with E-state index in [0.717, 1.165) is 17.5 Å². The molecule has 1 unspecified atom stereocenters. The summed E-state index contributed by atoms with van der Waals surface area (Å²) in [5, 5.41) is 10.2. The number of nitrogens with zero attached hydrogens (tertiary/aromatic N) is 3. The summed E-state index contributed by atoms with van der Waals surface area (Å²) in [5.41, 5.74) is -0.607. The molecule has 5 nitrogen and oxygen atoms in total. The average molecular weight is 269 g/mol. The highest BCUT2D eigenvalue weighted by atomic mass is 32.1. The Labute approximate surface area is 111 Å². The molecule has 0 spiro atoms. The SMILES string of the molecule is CCC1(C(=O)O)CCN(c2nc(C(C)C)ns2)C1. The van der Waals surface area contributed by atoms with Crippen LogP contribution >= 0.6 is 11.5 Å². The smallest absolute Gasteiger partial charge is 0.311 e. The van der Waals surface area contributed by atoms with Crippen molar-refractivity contribution in [3.8, 4) is 0 Å². The van der Waals surface area contributed by atoms with E-state index in [-0.39, 0.29) is 0 Å². The van der Waals surface area contributed by atoms with Crippen LogP contribution in [0.1, 0.15) is 45.4 Å². The largest absolute Gasteiger partial charge is 0.481 e. The van der Waals surface area contributed by atoms with Gasteiger partial charge in [-0.1, -0.05) is 20.8 Å². The van der Waals surface area contributed by atoms with E-state index in [0.29, 0.717) is 25.3 Å². The molecule has 0 saturated carbocycles. The Bertz CT molecular complexity index is 446. The van der Waals surface area contributed by atoms with Gasteiger partial charge in [-0.2, -0.15) is 4.37 Å². The first kappa shape index (κ1) is 13.3. The molecular weight excluding hydrogens is 250 g/mol. The maximum Gasteiger partial charge on any atom is 0.311 e. The molecule has 0 aliphatic carbocycles. The van der Waals surface area contributed by atoms with Gasteiger partial charge in [0, 0.05) is 30.5 Å². The van der Waals surface area contributed by atoms with Crippen LogP contribution in [0.2, 0.25) is 0 Å². The van der Waals surface area contributed by atoms with Crippen molar-refractivity contribution < 1.29 is 9.90 Å². The first-order chi connectivity index (χ1) is 8.48. The molecule has 18 heavy (non-hydrogen) atoms. The lowest BCUT2D eigenvalue weighted by Gasteiger charge is -2.22. The Balaban J connectivity index is 2.14. The fourth-order valence-corrected chi connectivity index (χ4v) is 3.07. The van der Waals surface area contributed by atoms with Crippen LogP contribution < -0.4 is 4.90 Å². The number of carboxylic acid groups (broad SMARTS) is 1. The van der Waals surface area contributed by atoms with Crippen LogP contribution in [-0.4, -0.2) is 33.5 Å².